The molecule has 0 bridgehead atoms. The number of ether oxygens (including phenoxy) is 3. The van der Waals surface area contributed by atoms with E-state index in [1.165, 1.54) is 64.2 Å². The van der Waals surface area contributed by atoms with Gasteiger partial charge in [0, 0.05) is 19.3 Å². The minimum atomic E-state index is -0.818. The second-order valence-electron chi connectivity index (χ2n) is 20.5. The molecule has 0 aliphatic heterocycles. The van der Waals surface area contributed by atoms with Gasteiger partial charge in [0.15, 0.2) is 6.10 Å². The van der Waals surface area contributed by atoms with Gasteiger partial charge in [-0.25, -0.2) is 0 Å². The molecule has 0 N–H and O–H groups in total. The third-order valence-corrected chi connectivity index (χ3v) is 13.0. The van der Waals surface area contributed by atoms with E-state index in [4.69, 9.17) is 14.2 Å². The van der Waals surface area contributed by atoms with Crippen molar-refractivity contribution in [3.05, 3.63) is 158 Å². The molecule has 0 heterocycles. The maximum Gasteiger partial charge on any atom is 0.306 e. The number of unbranched alkanes of at least 4 members (excludes halogenated alkanes) is 19. The van der Waals surface area contributed by atoms with Gasteiger partial charge in [-0.3, -0.25) is 14.4 Å². The maximum atomic E-state index is 12.9. The number of hydrogen-bond acceptors (Lipinski definition) is 6. The van der Waals surface area contributed by atoms with Crippen molar-refractivity contribution in [1.29, 1.82) is 0 Å². The minimum absolute atomic E-state index is 0.108. The van der Waals surface area contributed by atoms with Gasteiger partial charge in [0.25, 0.3) is 0 Å². The molecular weight excluding hydrogens is 973 g/mol. The number of hydrogen-bond donors (Lipinski definition) is 0. The van der Waals surface area contributed by atoms with Crippen molar-refractivity contribution in [3.63, 3.8) is 0 Å². The van der Waals surface area contributed by atoms with Crippen molar-refractivity contribution in [2.45, 2.75) is 271 Å². The van der Waals surface area contributed by atoms with Crippen LogP contribution in [0.25, 0.3) is 0 Å². The van der Waals surface area contributed by atoms with E-state index in [1.807, 2.05) is 0 Å². The van der Waals surface area contributed by atoms with Crippen molar-refractivity contribution < 1.29 is 28.6 Å². The quantitative estimate of drug-likeness (QED) is 0.0261. The van der Waals surface area contributed by atoms with Gasteiger partial charge >= 0.3 is 17.9 Å². The van der Waals surface area contributed by atoms with Gasteiger partial charge in [-0.15, -0.1) is 0 Å². The van der Waals surface area contributed by atoms with Crippen LogP contribution in [0.2, 0.25) is 0 Å². The highest BCUT2D eigenvalue weighted by molar-refractivity contribution is 5.71. The lowest BCUT2D eigenvalue weighted by molar-refractivity contribution is -0.167. The summed E-state index contributed by atoms with van der Waals surface area (Å²) in [6.45, 7) is 6.25. The van der Waals surface area contributed by atoms with Crippen molar-refractivity contribution >= 4 is 17.9 Å². The second-order valence-corrected chi connectivity index (χ2v) is 20.5. The SMILES string of the molecule is CC/C=C\C/C=C\C/C=C\C/C=C\C/C=C\C/C=C\CCCCC(=O)OC(COC(=O)CCCCCCC/C=C\C/C=C\C/C=C\CC)COC(=O)CCCCCCCCCCCCCC/C=C\C/C=C\C/C=C\C/C=C\CC. The lowest BCUT2D eigenvalue weighted by Gasteiger charge is -2.18. The van der Waals surface area contributed by atoms with Crippen molar-refractivity contribution in [2.75, 3.05) is 13.2 Å². The summed E-state index contributed by atoms with van der Waals surface area (Å²) in [5, 5.41) is 0. The minimum Gasteiger partial charge on any atom is -0.462 e. The first-order chi connectivity index (χ1) is 39.0. The summed E-state index contributed by atoms with van der Waals surface area (Å²) in [5.74, 6) is -0.974. The molecule has 0 spiro atoms. The molecule has 0 fully saturated rings. The van der Waals surface area contributed by atoms with E-state index in [9.17, 15) is 14.4 Å². The van der Waals surface area contributed by atoms with E-state index < -0.39 is 6.10 Å². The van der Waals surface area contributed by atoms with Gasteiger partial charge in [0.2, 0.25) is 0 Å². The largest absolute Gasteiger partial charge is 0.462 e. The third-order valence-electron chi connectivity index (χ3n) is 13.0. The van der Waals surface area contributed by atoms with Crippen LogP contribution in [0.4, 0.5) is 0 Å². The molecule has 444 valence electrons. The zero-order valence-electron chi connectivity index (χ0n) is 50.8. The number of esters is 3. The van der Waals surface area contributed by atoms with Crippen molar-refractivity contribution in [2.24, 2.45) is 0 Å². The molecule has 0 saturated heterocycles. The molecule has 6 heteroatoms. The normalized spacial score (nSPS) is 13.2. The van der Waals surface area contributed by atoms with Crippen LogP contribution in [0.1, 0.15) is 265 Å². The van der Waals surface area contributed by atoms with E-state index in [1.54, 1.807) is 0 Å². The molecule has 0 radical (unpaired) electrons. The summed E-state index contributed by atoms with van der Waals surface area (Å²) in [5.41, 5.74) is 0. The number of rotatable bonds is 56. The highest BCUT2D eigenvalue weighted by Crippen LogP contribution is 2.15. The third kappa shape index (κ3) is 63.7. The molecule has 0 aliphatic rings. The monoisotopic (exact) mass is 1090 g/mol. The Labute approximate surface area is 486 Å². The van der Waals surface area contributed by atoms with Crippen LogP contribution < -0.4 is 0 Å². The number of carbonyl (C=O) groups excluding carboxylic acids is 3. The van der Waals surface area contributed by atoms with E-state index in [-0.39, 0.29) is 37.5 Å². The molecule has 0 saturated carbocycles. The fourth-order valence-corrected chi connectivity index (χ4v) is 8.33. The molecule has 0 amide bonds. The smallest absolute Gasteiger partial charge is 0.306 e. The fourth-order valence-electron chi connectivity index (χ4n) is 8.33. The Morgan fingerprint density at radius 1 is 0.253 bits per heavy atom. The average molecular weight is 1090 g/mol. The van der Waals surface area contributed by atoms with E-state index in [0.29, 0.717) is 19.3 Å². The molecule has 0 aromatic heterocycles. The molecule has 1 atom stereocenters. The summed E-state index contributed by atoms with van der Waals surface area (Å²) >= 11 is 0. The highest BCUT2D eigenvalue weighted by Gasteiger charge is 2.19. The van der Waals surface area contributed by atoms with E-state index in [0.717, 1.165) is 154 Å². The molecule has 0 aromatic carbocycles. The Morgan fingerprint density at radius 2 is 0.456 bits per heavy atom. The number of carbonyl (C=O) groups is 3. The van der Waals surface area contributed by atoms with Gasteiger partial charge in [-0.1, -0.05) is 262 Å². The van der Waals surface area contributed by atoms with E-state index >= 15 is 0 Å². The van der Waals surface area contributed by atoms with Crippen LogP contribution in [0.3, 0.4) is 0 Å². The van der Waals surface area contributed by atoms with Crippen LogP contribution in [0.5, 0.6) is 0 Å². The van der Waals surface area contributed by atoms with Crippen molar-refractivity contribution in [3.8, 4) is 0 Å². The first kappa shape index (κ1) is 74.0. The van der Waals surface area contributed by atoms with Crippen LogP contribution in [0, 0.1) is 0 Å². The highest BCUT2D eigenvalue weighted by atomic mass is 16.6. The van der Waals surface area contributed by atoms with Gasteiger partial charge < -0.3 is 14.2 Å². The molecule has 6 nitrogen and oxygen atoms in total. The Hall–Kier alpha value is -4.97. The van der Waals surface area contributed by atoms with Gasteiger partial charge in [0.1, 0.15) is 13.2 Å². The van der Waals surface area contributed by atoms with Gasteiger partial charge in [0.05, 0.1) is 0 Å². The summed E-state index contributed by atoms with van der Waals surface area (Å²) in [4.78, 5) is 38.3. The molecule has 0 aromatic rings. The standard InChI is InChI=1S/C73H116O6/c1-4-7-10-13-16-19-22-25-28-30-32-34-35-36-37-39-40-42-45-48-51-54-57-60-63-66-72(75)78-69-70(68-77-71(74)65-62-59-56-53-50-47-44-27-24-21-18-15-12-9-6-3)79-73(76)67-64-61-58-55-52-49-46-43-41-38-33-31-29-26-23-20-17-14-11-8-5-2/h7-12,16-21,25-29,32-34,38,43-44,46,52,55,70H,4-6,13-15,22-24,30-31,35-37,39-42,45,47-51,53-54,56-69H2,1-3H3/b10-7-,11-8-,12-9-,19-16-,20-17-,21-18-,28-25-,29-26-,34-32-,38-33-,44-27-,46-43-,55-52-. The summed E-state index contributed by atoms with van der Waals surface area (Å²) in [6.07, 6.45) is 95.3. The molecule has 79 heavy (non-hydrogen) atoms. The lowest BCUT2D eigenvalue weighted by atomic mass is 10.0. The van der Waals surface area contributed by atoms with Crippen LogP contribution in [0.15, 0.2) is 158 Å². The summed E-state index contributed by atoms with van der Waals surface area (Å²) < 4.78 is 16.9. The van der Waals surface area contributed by atoms with Gasteiger partial charge in [-0.05, 0) is 141 Å². The molecular formula is C73H116O6. The molecule has 0 rings (SSSR count). The zero-order chi connectivity index (χ0) is 57.1. The lowest BCUT2D eigenvalue weighted by Crippen LogP contribution is -2.30. The zero-order valence-corrected chi connectivity index (χ0v) is 50.8. The predicted octanol–water partition coefficient (Wildman–Crippen LogP) is 22.1. The maximum absolute atomic E-state index is 12.9. The topological polar surface area (TPSA) is 78.9 Å². The van der Waals surface area contributed by atoms with Crippen LogP contribution in [-0.2, 0) is 28.6 Å². The molecule has 0 aliphatic carbocycles. The Kier molecular flexibility index (Phi) is 61.4. The van der Waals surface area contributed by atoms with E-state index in [2.05, 4.69) is 179 Å². The van der Waals surface area contributed by atoms with Crippen molar-refractivity contribution in [1.82, 2.24) is 0 Å². The van der Waals surface area contributed by atoms with Crippen LogP contribution in [-0.4, -0.2) is 37.2 Å². The van der Waals surface area contributed by atoms with Gasteiger partial charge in [-0.2, -0.15) is 0 Å². The first-order valence-electron chi connectivity index (χ1n) is 32.0. The second kappa shape index (κ2) is 65.5. The molecule has 1 unspecified atom stereocenters. The Morgan fingerprint density at radius 3 is 0.734 bits per heavy atom. The first-order valence-corrected chi connectivity index (χ1v) is 32.0. The predicted molar refractivity (Wildman–Crippen MR) is 343 cm³/mol. The number of allylic oxidation sites excluding steroid dienone is 26. The summed E-state index contributed by atoms with van der Waals surface area (Å²) in [7, 11) is 0. The average Bonchev–Trinajstić information content (AvgIpc) is 3.45. The van der Waals surface area contributed by atoms with Crippen LogP contribution >= 0.6 is 0 Å². The Bertz CT molecular complexity index is 1780. The summed E-state index contributed by atoms with van der Waals surface area (Å²) in [6, 6.07) is 0. The fraction of sp³-hybridized carbons (Fsp3) is 0.603. The Balaban J connectivity index is 4.46.